The Morgan fingerprint density at radius 2 is 1.37 bits per heavy atom. The number of aryl methyl sites for hydroxylation is 3. The van der Waals surface area contributed by atoms with Gasteiger partial charge in [0.1, 0.15) is 16.8 Å². The quantitative estimate of drug-likeness (QED) is 0.135. The van der Waals surface area contributed by atoms with Crippen molar-refractivity contribution >= 4 is 54.6 Å². The number of para-hydroxylation sites is 2. The highest BCUT2D eigenvalue weighted by Gasteiger charge is 2.34. The van der Waals surface area contributed by atoms with Gasteiger partial charge in [-0.15, -0.1) is 0 Å². The first-order valence-corrected chi connectivity index (χ1v) is 17.8. The van der Waals surface area contributed by atoms with Crippen LogP contribution in [-0.4, -0.2) is 9.55 Å². The summed E-state index contributed by atoms with van der Waals surface area (Å²) in [5.74, 6) is 1.55. The van der Waals surface area contributed by atoms with Crippen LogP contribution in [0.15, 0.2) is 120 Å². The molecule has 0 atom stereocenters. The summed E-state index contributed by atoms with van der Waals surface area (Å²) in [6, 6.07) is 40.2. The molecule has 51 heavy (non-hydrogen) atoms. The summed E-state index contributed by atoms with van der Waals surface area (Å²) in [6.45, 7) is 9.04. The first kappa shape index (κ1) is 28.0. The molecule has 0 aliphatic rings. The lowest BCUT2D eigenvalue weighted by atomic mass is 9.88. The second kappa shape index (κ2) is 11.7. The number of imidazole rings is 1. The summed E-state index contributed by atoms with van der Waals surface area (Å²) < 4.78 is 35.8. The maximum absolute atomic E-state index is 7.95. The molecule has 3 aromatic heterocycles. The van der Waals surface area contributed by atoms with Crippen LogP contribution in [0.1, 0.15) is 66.0 Å². The van der Waals surface area contributed by atoms with Crippen molar-refractivity contribution in [3.8, 4) is 28.2 Å². The van der Waals surface area contributed by atoms with Gasteiger partial charge >= 0.3 is 0 Å². The number of rotatable bonds is 5. The summed E-state index contributed by atoms with van der Waals surface area (Å²) >= 11 is 0. The zero-order valence-electron chi connectivity index (χ0n) is 32.9. The molecular formula is C47H42N3O+. The van der Waals surface area contributed by atoms with E-state index in [-0.39, 0.29) is 17.5 Å². The molecule has 0 saturated heterocycles. The second-order valence-electron chi connectivity index (χ2n) is 14.5. The maximum Gasteiger partial charge on any atom is 0.299 e. The molecule has 4 nitrogen and oxygen atoms in total. The van der Waals surface area contributed by atoms with Crippen LogP contribution in [0.4, 0.5) is 0 Å². The summed E-state index contributed by atoms with van der Waals surface area (Å²) in [7, 11) is 2.16. The maximum atomic E-state index is 7.95. The Kier molecular flexibility index (Phi) is 6.41. The van der Waals surface area contributed by atoms with E-state index in [0.717, 1.165) is 66.1 Å². The van der Waals surface area contributed by atoms with Crippen LogP contribution in [0.2, 0.25) is 0 Å². The number of hydrogen-bond acceptors (Lipinski definition) is 2. The average Bonchev–Trinajstić information content (AvgIpc) is 3.68. The predicted octanol–water partition coefficient (Wildman–Crippen LogP) is 12.3. The third-order valence-corrected chi connectivity index (χ3v) is 10.6. The molecule has 0 fully saturated rings. The lowest BCUT2D eigenvalue weighted by Crippen LogP contribution is -2.30. The molecule has 0 radical (unpaired) electrons. The Morgan fingerprint density at radius 1 is 0.706 bits per heavy atom. The topological polar surface area (TPSA) is 34.8 Å². The minimum Gasteiger partial charge on any atom is -0.454 e. The number of benzene rings is 6. The van der Waals surface area contributed by atoms with Crippen molar-refractivity contribution in [3.63, 3.8) is 0 Å². The number of aromatic nitrogens is 3. The summed E-state index contributed by atoms with van der Waals surface area (Å²) in [5.41, 5.74) is 12.9. The lowest BCUT2D eigenvalue weighted by molar-refractivity contribution is -0.633. The van der Waals surface area contributed by atoms with Gasteiger partial charge in [0.2, 0.25) is 0 Å². The standard InChI is InChI=1S/C47H42N3O/c1-27(2)37-25-33(31-13-9-8-10-14-31)26-38(28(3)4)44(37)50-41-16-12-11-15-40(41)49(7)47(50)42-29(5)17-21-34-35-23-19-32-20-24-39-36(22-18-30(6)48-39)43(32)46(35)51-45(34)42/h8-28H,1-7H3/q+1/i6D3. The van der Waals surface area contributed by atoms with E-state index in [2.05, 4.69) is 147 Å². The Morgan fingerprint density at radius 3 is 2.12 bits per heavy atom. The van der Waals surface area contributed by atoms with Gasteiger partial charge in [-0.1, -0.05) is 100 Å². The molecule has 0 saturated carbocycles. The fourth-order valence-electron chi connectivity index (χ4n) is 8.13. The normalized spacial score (nSPS) is 13.3. The molecule has 0 bridgehead atoms. The average molecular weight is 668 g/mol. The fraction of sp³-hybridized carbons (Fsp3) is 0.191. The van der Waals surface area contributed by atoms with Crippen LogP contribution < -0.4 is 4.57 Å². The zero-order valence-corrected chi connectivity index (χ0v) is 29.9. The molecule has 0 amide bonds. The Bertz CT molecular complexity index is 2920. The van der Waals surface area contributed by atoms with Gasteiger partial charge in [-0.2, -0.15) is 4.57 Å². The summed E-state index contributed by atoms with van der Waals surface area (Å²) in [5, 5.41) is 4.84. The highest BCUT2D eigenvalue weighted by molar-refractivity contribution is 6.23. The van der Waals surface area contributed by atoms with Crippen LogP contribution in [0.3, 0.4) is 0 Å². The van der Waals surface area contributed by atoms with Crippen molar-refractivity contribution in [2.45, 2.75) is 53.3 Å². The third kappa shape index (κ3) is 4.73. The molecule has 9 aromatic rings. The lowest BCUT2D eigenvalue weighted by Gasteiger charge is -2.21. The SMILES string of the molecule is [2H]C([2H])([2H])c1ccc2c(ccc3ccc4c5ccc(C)c(-c6n(-c7c(C(C)C)cc(-c8ccccc8)cc7C(C)C)c7ccccc7[n+]6C)c5oc4c32)n1. The molecule has 0 aliphatic heterocycles. The largest absolute Gasteiger partial charge is 0.454 e. The minimum absolute atomic E-state index is 0.0858. The van der Waals surface area contributed by atoms with E-state index in [0.29, 0.717) is 5.52 Å². The van der Waals surface area contributed by atoms with Gasteiger partial charge in [-0.25, -0.2) is 4.57 Å². The van der Waals surface area contributed by atoms with Gasteiger partial charge < -0.3 is 4.42 Å². The zero-order chi connectivity index (χ0) is 37.6. The third-order valence-electron chi connectivity index (χ3n) is 10.6. The van der Waals surface area contributed by atoms with Crippen molar-refractivity contribution < 1.29 is 13.1 Å². The molecular weight excluding hydrogens is 623 g/mol. The number of fused-ring (bicyclic) bond motifs is 8. The van der Waals surface area contributed by atoms with Crippen LogP contribution in [0, 0.1) is 13.8 Å². The molecule has 0 unspecified atom stereocenters. The number of pyridine rings is 1. The summed E-state index contributed by atoms with van der Waals surface area (Å²) in [4.78, 5) is 4.58. The van der Waals surface area contributed by atoms with E-state index in [4.69, 9.17) is 8.53 Å². The molecule has 3 heterocycles. The van der Waals surface area contributed by atoms with E-state index in [1.165, 1.54) is 27.9 Å². The number of nitrogens with zero attached hydrogens (tertiary/aromatic N) is 3. The smallest absolute Gasteiger partial charge is 0.299 e. The van der Waals surface area contributed by atoms with E-state index in [1.807, 2.05) is 18.2 Å². The van der Waals surface area contributed by atoms with E-state index in [1.54, 1.807) is 6.07 Å². The van der Waals surface area contributed by atoms with Crippen molar-refractivity contribution in [2.75, 3.05) is 0 Å². The monoisotopic (exact) mass is 667 g/mol. The molecule has 9 rings (SSSR count). The van der Waals surface area contributed by atoms with Gasteiger partial charge in [0.05, 0.1) is 12.6 Å². The van der Waals surface area contributed by atoms with Crippen LogP contribution in [0.25, 0.3) is 82.8 Å². The molecule has 0 aliphatic carbocycles. The fourth-order valence-corrected chi connectivity index (χ4v) is 8.13. The van der Waals surface area contributed by atoms with Gasteiger partial charge in [0.25, 0.3) is 5.82 Å². The van der Waals surface area contributed by atoms with Crippen LogP contribution in [-0.2, 0) is 7.05 Å². The van der Waals surface area contributed by atoms with E-state index < -0.39 is 6.85 Å². The molecule has 0 N–H and O–H groups in total. The van der Waals surface area contributed by atoms with E-state index >= 15 is 0 Å². The molecule has 6 aromatic carbocycles. The number of hydrogen-bond donors (Lipinski definition) is 0. The minimum atomic E-state index is -2.29. The van der Waals surface area contributed by atoms with Gasteiger partial charge in [-0.3, -0.25) is 4.98 Å². The van der Waals surface area contributed by atoms with Crippen molar-refractivity contribution in [1.29, 1.82) is 0 Å². The predicted molar refractivity (Wildman–Crippen MR) is 213 cm³/mol. The second-order valence-corrected chi connectivity index (χ2v) is 14.5. The van der Waals surface area contributed by atoms with Crippen molar-refractivity contribution in [3.05, 3.63) is 138 Å². The summed E-state index contributed by atoms with van der Waals surface area (Å²) in [6.07, 6.45) is 0. The molecule has 0 spiro atoms. The highest BCUT2D eigenvalue weighted by Crippen LogP contribution is 2.44. The molecule has 250 valence electrons. The van der Waals surface area contributed by atoms with Crippen LogP contribution >= 0.6 is 0 Å². The van der Waals surface area contributed by atoms with Crippen molar-refractivity contribution in [2.24, 2.45) is 7.05 Å². The van der Waals surface area contributed by atoms with Gasteiger partial charge in [-0.05, 0) is 90.2 Å². The Balaban J connectivity index is 1.40. The van der Waals surface area contributed by atoms with E-state index in [9.17, 15) is 0 Å². The number of furan rings is 1. The Labute approximate surface area is 302 Å². The molecule has 4 heteroatoms. The van der Waals surface area contributed by atoms with Crippen LogP contribution in [0.5, 0.6) is 0 Å². The first-order chi connectivity index (χ1) is 25.9. The van der Waals surface area contributed by atoms with Crippen molar-refractivity contribution in [1.82, 2.24) is 9.55 Å². The van der Waals surface area contributed by atoms with Gasteiger partial charge in [0.15, 0.2) is 16.6 Å². The van der Waals surface area contributed by atoms with Gasteiger partial charge in [0, 0.05) is 42.5 Å². The highest BCUT2D eigenvalue weighted by atomic mass is 16.3. The first-order valence-electron chi connectivity index (χ1n) is 19.3. The Hall–Kier alpha value is -5.74.